The fourth-order valence-corrected chi connectivity index (χ4v) is 1.74. The van der Waals surface area contributed by atoms with E-state index >= 15 is 0 Å². The maximum Gasteiger partial charge on any atom is 0.220 e. The molecule has 0 heterocycles. The van der Waals surface area contributed by atoms with E-state index in [1.807, 2.05) is 31.2 Å². The van der Waals surface area contributed by atoms with Crippen molar-refractivity contribution in [3.63, 3.8) is 0 Å². The standard InChI is InChI=1S/C13H21N5O/c1-9(18(2)13(16)17-12(14)15)8-10-6-4-5-7-11(10)19-3/h4-7,9H,8H2,1-3H3,(H5,14,15,16,17). The summed E-state index contributed by atoms with van der Waals surface area (Å²) in [6.45, 7) is 2.00. The van der Waals surface area contributed by atoms with Crippen LogP contribution >= 0.6 is 0 Å². The van der Waals surface area contributed by atoms with E-state index in [-0.39, 0.29) is 18.0 Å². The Kier molecular flexibility index (Phi) is 5.17. The average Bonchev–Trinajstić information content (AvgIpc) is 2.37. The summed E-state index contributed by atoms with van der Waals surface area (Å²) in [5.74, 6) is 0.778. The maximum absolute atomic E-state index is 7.77. The van der Waals surface area contributed by atoms with Gasteiger partial charge in [-0.05, 0) is 25.0 Å². The highest BCUT2D eigenvalue weighted by molar-refractivity contribution is 5.91. The van der Waals surface area contributed by atoms with Gasteiger partial charge in [-0.3, -0.25) is 5.41 Å². The quantitative estimate of drug-likeness (QED) is 0.551. The minimum Gasteiger partial charge on any atom is -0.496 e. The number of nitrogens with one attached hydrogen (secondary N) is 1. The van der Waals surface area contributed by atoms with E-state index in [9.17, 15) is 0 Å². The number of aliphatic imine (C=N–C) groups is 1. The van der Waals surface area contributed by atoms with Crippen molar-refractivity contribution in [2.24, 2.45) is 16.5 Å². The first kappa shape index (κ1) is 14.8. The molecule has 0 aromatic heterocycles. The predicted octanol–water partition coefficient (Wildman–Crippen LogP) is 0.766. The van der Waals surface area contributed by atoms with Crippen molar-refractivity contribution in [3.05, 3.63) is 29.8 Å². The lowest BCUT2D eigenvalue weighted by Gasteiger charge is -2.25. The molecule has 1 unspecified atom stereocenters. The molecular formula is C13H21N5O. The van der Waals surface area contributed by atoms with Crippen LogP contribution < -0.4 is 16.2 Å². The summed E-state index contributed by atoms with van der Waals surface area (Å²) >= 11 is 0. The Balaban J connectivity index is 2.76. The molecule has 0 aliphatic rings. The zero-order valence-electron chi connectivity index (χ0n) is 11.6. The Labute approximate surface area is 113 Å². The lowest BCUT2D eigenvalue weighted by atomic mass is 10.1. The van der Waals surface area contributed by atoms with Crippen LogP contribution in [0.2, 0.25) is 0 Å². The summed E-state index contributed by atoms with van der Waals surface area (Å²) in [5.41, 5.74) is 11.6. The molecule has 0 radical (unpaired) electrons. The van der Waals surface area contributed by atoms with Crippen molar-refractivity contribution in [1.29, 1.82) is 5.41 Å². The zero-order valence-corrected chi connectivity index (χ0v) is 11.6. The molecule has 0 aliphatic carbocycles. The largest absolute Gasteiger partial charge is 0.496 e. The molecule has 5 N–H and O–H groups in total. The van der Waals surface area contributed by atoms with E-state index in [1.54, 1.807) is 19.1 Å². The first-order chi connectivity index (χ1) is 8.95. The predicted molar refractivity (Wildman–Crippen MR) is 77.5 cm³/mol. The number of para-hydroxylation sites is 1. The van der Waals surface area contributed by atoms with Gasteiger partial charge in [-0.15, -0.1) is 0 Å². The Morgan fingerprint density at radius 3 is 2.63 bits per heavy atom. The molecule has 0 aliphatic heterocycles. The summed E-state index contributed by atoms with van der Waals surface area (Å²) in [6.07, 6.45) is 0.739. The highest BCUT2D eigenvalue weighted by Crippen LogP contribution is 2.20. The molecule has 6 nitrogen and oxygen atoms in total. The van der Waals surface area contributed by atoms with E-state index in [4.69, 9.17) is 21.6 Å². The van der Waals surface area contributed by atoms with Crippen LogP contribution in [-0.4, -0.2) is 37.0 Å². The molecule has 0 saturated carbocycles. The number of nitrogens with zero attached hydrogens (tertiary/aromatic N) is 2. The number of likely N-dealkylation sites (N-methyl/N-ethyl adjacent to an activating group) is 1. The molecule has 0 spiro atoms. The van der Waals surface area contributed by atoms with Gasteiger partial charge in [-0.1, -0.05) is 18.2 Å². The molecule has 0 amide bonds. The Hall–Kier alpha value is -2.24. The summed E-state index contributed by atoms with van der Waals surface area (Å²) in [6, 6.07) is 7.90. The first-order valence-corrected chi connectivity index (χ1v) is 5.98. The van der Waals surface area contributed by atoms with Gasteiger partial charge >= 0.3 is 0 Å². The summed E-state index contributed by atoms with van der Waals surface area (Å²) in [7, 11) is 3.43. The first-order valence-electron chi connectivity index (χ1n) is 5.98. The van der Waals surface area contributed by atoms with E-state index in [1.165, 1.54) is 0 Å². The zero-order chi connectivity index (χ0) is 14.4. The van der Waals surface area contributed by atoms with E-state index in [0.29, 0.717) is 0 Å². The number of ether oxygens (including phenoxy) is 1. The minimum atomic E-state index is -0.110. The second kappa shape index (κ2) is 6.63. The lowest BCUT2D eigenvalue weighted by molar-refractivity contribution is 0.369. The normalized spacial score (nSPS) is 11.5. The third-order valence-electron chi connectivity index (χ3n) is 2.94. The van der Waals surface area contributed by atoms with Gasteiger partial charge in [0.2, 0.25) is 5.96 Å². The number of methoxy groups -OCH3 is 1. The number of benzene rings is 1. The molecule has 1 aromatic carbocycles. The van der Waals surface area contributed by atoms with Gasteiger partial charge in [0.1, 0.15) is 5.75 Å². The third kappa shape index (κ3) is 4.17. The van der Waals surface area contributed by atoms with Crippen LogP contribution in [0.3, 0.4) is 0 Å². The van der Waals surface area contributed by atoms with Gasteiger partial charge in [0.25, 0.3) is 0 Å². The van der Waals surface area contributed by atoms with E-state index in [2.05, 4.69) is 4.99 Å². The van der Waals surface area contributed by atoms with Gasteiger partial charge in [-0.25, -0.2) is 0 Å². The molecule has 1 atom stereocenters. The van der Waals surface area contributed by atoms with Crippen LogP contribution in [0.15, 0.2) is 29.3 Å². The van der Waals surface area contributed by atoms with Gasteiger partial charge in [0, 0.05) is 13.1 Å². The smallest absolute Gasteiger partial charge is 0.220 e. The Bertz CT molecular complexity index is 468. The fourth-order valence-electron chi connectivity index (χ4n) is 1.74. The second-order valence-corrected chi connectivity index (χ2v) is 4.34. The average molecular weight is 263 g/mol. The lowest BCUT2D eigenvalue weighted by Crippen LogP contribution is -2.37. The van der Waals surface area contributed by atoms with Gasteiger partial charge in [-0.2, -0.15) is 4.99 Å². The van der Waals surface area contributed by atoms with Crippen molar-refractivity contribution in [2.45, 2.75) is 19.4 Å². The van der Waals surface area contributed by atoms with Crippen molar-refractivity contribution >= 4 is 11.9 Å². The molecule has 104 valence electrons. The van der Waals surface area contributed by atoms with Crippen LogP contribution in [0.25, 0.3) is 0 Å². The van der Waals surface area contributed by atoms with Crippen molar-refractivity contribution < 1.29 is 4.74 Å². The van der Waals surface area contributed by atoms with Crippen molar-refractivity contribution in [3.8, 4) is 5.75 Å². The maximum atomic E-state index is 7.77. The molecule has 0 saturated heterocycles. The van der Waals surface area contributed by atoms with Crippen molar-refractivity contribution in [1.82, 2.24) is 4.90 Å². The molecule has 1 rings (SSSR count). The number of rotatable bonds is 4. The van der Waals surface area contributed by atoms with Gasteiger partial charge < -0.3 is 21.1 Å². The molecule has 6 heteroatoms. The molecule has 1 aromatic rings. The van der Waals surface area contributed by atoms with E-state index in [0.717, 1.165) is 17.7 Å². The molecule has 0 fully saturated rings. The van der Waals surface area contributed by atoms with Crippen LogP contribution in [-0.2, 0) is 6.42 Å². The van der Waals surface area contributed by atoms with Crippen LogP contribution in [0.1, 0.15) is 12.5 Å². The van der Waals surface area contributed by atoms with Gasteiger partial charge in [0.05, 0.1) is 7.11 Å². The number of guanidine groups is 2. The number of hydrogen-bond donors (Lipinski definition) is 3. The second-order valence-electron chi connectivity index (χ2n) is 4.34. The number of hydrogen-bond acceptors (Lipinski definition) is 2. The van der Waals surface area contributed by atoms with Crippen molar-refractivity contribution in [2.75, 3.05) is 14.2 Å². The van der Waals surface area contributed by atoms with Crippen LogP contribution in [0, 0.1) is 5.41 Å². The topological polar surface area (TPSA) is 101 Å². The summed E-state index contributed by atoms with van der Waals surface area (Å²) in [5, 5.41) is 7.77. The summed E-state index contributed by atoms with van der Waals surface area (Å²) < 4.78 is 5.31. The van der Waals surface area contributed by atoms with Crippen LogP contribution in [0.5, 0.6) is 5.75 Å². The molecule has 0 bridgehead atoms. The fraction of sp³-hybridized carbons (Fsp3) is 0.385. The Morgan fingerprint density at radius 1 is 1.42 bits per heavy atom. The van der Waals surface area contributed by atoms with Crippen LogP contribution in [0.4, 0.5) is 0 Å². The van der Waals surface area contributed by atoms with E-state index < -0.39 is 0 Å². The Morgan fingerprint density at radius 2 is 2.05 bits per heavy atom. The summed E-state index contributed by atoms with van der Waals surface area (Å²) in [4.78, 5) is 5.45. The molecular weight excluding hydrogens is 242 g/mol. The monoisotopic (exact) mass is 263 g/mol. The SMILES string of the molecule is COc1ccccc1CC(C)N(C)C(=N)N=C(N)N. The number of nitrogens with two attached hydrogens (primary N) is 2. The van der Waals surface area contributed by atoms with Gasteiger partial charge in [0.15, 0.2) is 5.96 Å². The molecule has 19 heavy (non-hydrogen) atoms. The highest BCUT2D eigenvalue weighted by atomic mass is 16.5. The highest BCUT2D eigenvalue weighted by Gasteiger charge is 2.15. The third-order valence-corrected chi connectivity index (χ3v) is 2.94. The minimum absolute atomic E-state index is 0.0439.